The zero-order chi connectivity index (χ0) is 13.2. The summed E-state index contributed by atoms with van der Waals surface area (Å²) in [6.07, 6.45) is 0. The summed E-state index contributed by atoms with van der Waals surface area (Å²) in [5.41, 5.74) is 1.69. The molecule has 0 spiro atoms. The maximum Gasteiger partial charge on any atom is 0.220 e. The number of nitrogens with zero attached hydrogens (tertiary/aromatic N) is 1. The zero-order valence-electron chi connectivity index (χ0n) is 11.4. The minimum absolute atomic E-state index is 0.00377. The fourth-order valence-corrected chi connectivity index (χ4v) is 2.32. The standard InChI is InChI=1S/C13H22N2OS/c1-6-15(5)8-7-14-10-9(13(2,3)4)12(17)11(10)16/h14H,6-8H2,1-5H3. The first-order valence-electron chi connectivity index (χ1n) is 6.05. The predicted molar refractivity (Wildman–Crippen MR) is 76.3 cm³/mol. The van der Waals surface area contributed by atoms with Crippen molar-refractivity contribution in [3.05, 3.63) is 20.3 Å². The minimum atomic E-state index is -0.0516. The first-order valence-corrected chi connectivity index (χ1v) is 6.46. The monoisotopic (exact) mass is 254 g/mol. The van der Waals surface area contributed by atoms with Gasteiger partial charge in [0.2, 0.25) is 5.43 Å². The molecule has 0 aliphatic carbocycles. The van der Waals surface area contributed by atoms with Crippen molar-refractivity contribution >= 4 is 17.9 Å². The smallest absolute Gasteiger partial charge is 0.220 e. The number of hydrogen-bond donors (Lipinski definition) is 1. The topological polar surface area (TPSA) is 32.3 Å². The van der Waals surface area contributed by atoms with Crippen molar-refractivity contribution < 1.29 is 0 Å². The highest BCUT2D eigenvalue weighted by Crippen LogP contribution is 2.30. The summed E-state index contributed by atoms with van der Waals surface area (Å²) in [6, 6.07) is 0. The van der Waals surface area contributed by atoms with Gasteiger partial charge in [0, 0.05) is 18.7 Å². The minimum Gasteiger partial charge on any atom is -0.380 e. The zero-order valence-corrected chi connectivity index (χ0v) is 12.2. The van der Waals surface area contributed by atoms with Gasteiger partial charge in [-0.3, -0.25) is 4.79 Å². The number of likely N-dealkylation sites (N-methyl/N-ethyl adjacent to an activating group) is 1. The van der Waals surface area contributed by atoms with Crippen LogP contribution >= 0.6 is 12.2 Å². The molecule has 0 fully saturated rings. The van der Waals surface area contributed by atoms with E-state index in [1.165, 1.54) is 0 Å². The Morgan fingerprint density at radius 3 is 2.41 bits per heavy atom. The maximum atomic E-state index is 11.7. The van der Waals surface area contributed by atoms with E-state index >= 15 is 0 Å². The Kier molecular flexibility index (Phi) is 4.44. The van der Waals surface area contributed by atoms with Crippen LogP contribution < -0.4 is 10.7 Å². The molecule has 1 aromatic rings. The van der Waals surface area contributed by atoms with Crippen molar-refractivity contribution in [2.24, 2.45) is 0 Å². The molecule has 0 saturated heterocycles. The van der Waals surface area contributed by atoms with Gasteiger partial charge in [0.15, 0.2) is 0 Å². The van der Waals surface area contributed by atoms with Crippen LogP contribution in [-0.4, -0.2) is 31.6 Å². The highest BCUT2D eigenvalue weighted by Gasteiger charge is 2.27. The molecule has 0 atom stereocenters. The summed E-state index contributed by atoms with van der Waals surface area (Å²) in [7, 11) is 2.06. The average molecular weight is 254 g/mol. The number of nitrogens with one attached hydrogen (secondary N) is 1. The Bertz CT molecular complexity index is 452. The van der Waals surface area contributed by atoms with E-state index in [1.807, 2.05) is 0 Å². The van der Waals surface area contributed by atoms with Crippen molar-refractivity contribution in [2.75, 3.05) is 32.0 Å². The molecule has 3 nitrogen and oxygen atoms in total. The van der Waals surface area contributed by atoms with Crippen molar-refractivity contribution in [2.45, 2.75) is 33.1 Å². The van der Waals surface area contributed by atoms with Crippen LogP contribution in [0.3, 0.4) is 0 Å². The molecular weight excluding hydrogens is 232 g/mol. The first-order chi connectivity index (χ1) is 7.79. The van der Waals surface area contributed by atoms with Crippen LogP contribution in [0.5, 0.6) is 0 Å². The average Bonchev–Trinajstić information content (AvgIpc) is 2.24. The molecule has 0 bridgehead atoms. The van der Waals surface area contributed by atoms with E-state index in [-0.39, 0.29) is 10.8 Å². The highest BCUT2D eigenvalue weighted by molar-refractivity contribution is 7.71. The fourth-order valence-electron chi connectivity index (χ4n) is 1.81. The van der Waals surface area contributed by atoms with Gasteiger partial charge in [-0.1, -0.05) is 39.9 Å². The molecule has 0 radical (unpaired) electrons. The molecule has 0 amide bonds. The summed E-state index contributed by atoms with van der Waals surface area (Å²) in [5, 5.41) is 3.22. The molecular formula is C13H22N2OS. The third-order valence-corrected chi connectivity index (χ3v) is 3.39. The quantitative estimate of drug-likeness (QED) is 0.817. The first kappa shape index (κ1) is 14.3. The Morgan fingerprint density at radius 2 is 1.94 bits per heavy atom. The summed E-state index contributed by atoms with van der Waals surface area (Å²) in [6.45, 7) is 11.1. The number of hydrogen-bond acceptors (Lipinski definition) is 4. The van der Waals surface area contributed by atoms with Crippen LogP contribution in [0.15, 0.2) is 4.79 Å². The molecule has 17 heavy (non-hydrogen) atoms. The summed E-state index contributed by atoms with van der Waals surface area (Å²) < 4.78 is 0.504. The van der Waals surface area contributed by atoms with Crippen LogP contribution in [0.4, 0.5) is 5.69 Å². The number of anilines is 1. The molecule has 0 unspecified atom stereocenters. The van der Waals surface area contributed by atoms with Crippen LogP contribution in [0.25, 0.3) is 0 Å². The second-order valence-corrected chi connectivity index (χ2v) is 5.89. The van der Waals surface area contributed by atoms with Gasteiger partial charge in [-0.2, -0.15) is 0 Å². The van der Waals surface area contributed by atoms with E-state index in [0.717, 1.165) is 30.9 Å². The van der Waals surface area contributed by atoms with Crippen LogP contribution in [0.2, 0.25) is 0 Å². The van der Waals surface area contributed by atoms with Crippen LogP contribution in [-0.2, 0) is 5.41 Å². The lowest BCUT2D eigenvalue weighted by atomic mass is 9.83. The third-order valence-electron chi connectivity index (χ3n) is 3.00. The molecule has 96 valence electrons. The van der Waals surface area contributed by atoms with E-state index in [4.69, 9.17) is 12.2 Å². The molecule has 1 N–H and O–H groups in total. The molecule has 0 saturated carbocycles. The van der Waals surface area contributed by atoms with Gasteiger partial charge < -0.3 is 10.2 Å². The third kappa shape index (κ3) is 3.13. The SMILES string of the molecule is CCN(C)CCNc1c(C(C)(C)C)c(=S)c1=O. The molecule has 1 rings (SSSR count). The Labute approximate surface area is 109 Å². The second-order valence-electron chi connectivity index (χ2n) is 5.48. The molecule has 0 aliphatic heterocycles. The summed E-state index contributed by atoms with van der Waals surface area (Å²) in [5.74, 6) is 0. The van der Waals surface area contributed by atoms with Gasteiger partial charge in [0.25, 0.3) is 0 Å². The van der Waals surface area contributed by atoms with Gasteiger partial charge in [0.1, 0.15) is 0 Å². The van der Waals surface area contributed by atoms with Crippen molar-refractivity contribution in [3.63, 3.8) is 0 Å². The summed E-state index contributed by atoms with van der Waals surface area (Å²) >= 11 is 5.12. The van der Waals surface area contributed by atoms with Gasteiger partial charge in [-0.15, -0.1) is 0 Å². The van der Waals surface area contributed by atoms with E-state index < -0.39 is 0 Å². The lowest BCUT2D eigenvalue weighted by Gasteiger charge is -2.26. The molecule has 0 heterocycles. The normalized spacial score (nSPS) is 12.4. The van der Waals surface area contributed by atoms with E-state index in [1.54, 1.807) is 0 Å². The van der Waals surface area contributed by atoms with Gasteiger partial charge >= 0.3 is 0 Å². The largest absolute Gasteiger partial charge is 0.380 e. The Balaban J connectivity index is 2.71. The maximum absolute atomic E-state index is 11.7. The van der Waals surface area contributed by atoms with Gasteiger partial charge in [0.05, 0.1) is 10.2 Å². The van der Waals surface area contributed by atoms with Crippen LogP contribution in [0, 0.1) is 4.51 Å². The van der Waals surface area contributed by atoms with E-state index in [9.17, 15) is 4.79 Å². The highest BCUT2D eigenvalue weighted by atomic mass is 32.1. The van der Waals surface area contributed by atoms with Crippen molar-refractivity contribution in [1.82, 2.24) is 4.90 Å². The van der Waals surface area contributed by atoms with Gasteiger partial charge in [-0.25, -0.2) is 0 Å². The van der Waals surface area contributed by atoms with E-state index in [0.29, 0.717) is 4.51 Å². The Morgan fingerprint density at radius 1 is 1.35 bits per heavy atom. The molecule has 1 aromatic carbocycles. The second kappa shape index (κ2) is 5.27. The number of rotatable bonds is 5. The van der Waals surface area contributed by atoms with Crippen LogP contribution in [0.1, 0.15) is 33.3 Å². The van der Waals surface area contributed by atoms with E-state index in [2.05, 4.69) is 45.0 Å². The lowest BCUT2D eigenvalue weighted by molar-refractivity contribution is 0.367. The molecule has 0 aromatic heterocycles. The Hall–Kier alpha value is -0.740. The molecule has 4 heteroatoms. The molecule has 0 aliphatic rings. The van der Waals surface area contributed by atoms with Crippen molar-refractivity contribution in [1.29, 1.82) is 0 Å². The summed E-state index contributed by atoms with van der Waals surface area (Å²) in [4.78, 5) is 13.9. The lowest BCUT2D eigenvalue weighted by Crippen LogP contribution is -2.32. The van der Waals surface area contributed by atoms with Gasteiger partial charge in [-0.05, 0) is 19.0 Å². The van der Waals surface area contributed by atoms with Crippen molar-refractivity contribution in [3.8, 4) is 0 Å². The fraction of sp³-hybridized carbons (Fsp3) is 0.692. The predicted octanol–water partition coefficient (Wildman–Crippen LogP) is 2.31.